The van der Waals surface area contributed by atoms with Crippen LogP contribution in [-0.2, 0) is 13.5 Å². The van der Waals surface area contributed by atoms with E-state index < -0.39 is 5.91 Å². The molecule has 1 amide bonds. The van der Waals surface area contributed by atoms with Crippen LogP contribution in [0.5, 0.6) is 0 Å². The van der Waals surface area contributed by atoms with Crippen LogP contribution in [0, 0.1) is 11.8 Å². The van der Waals surface area contributed by atoms with Gasteiger partial charge in [0.05, 0.1) is 16.8 Å². The van der Waals surface area contributed by atoms with Crippen molar-refractivity contribution in [3.8, 4) is 23.1 Å². The fraction of sp³-hybridized carbons (Fsp3) is 0.103. The molecular formula is C29H25N9O. The van der Waals surface area contributed by atoms with E-state index in [1.54, 1.807) is 29.3 Å². The highest BCUT2D eigenvalue weighted by atomic mass is 16.1. The van der Waals surface area contributed by atoms with Crippen LogP contribution in [0.15, 0.2) is 79.4 Å². The normalized spacial score (nSPS) is 10.5. The van der Waals surface area contributed by atoms with Gasteiger partial charge in [-0.05, 0) is 42.2 Å². The van der Waals surface area contributed by atoms with Crippen molar-refractivity contribution >= 4 is 28.4 Å². The van der Waals surface area contributed by atoms with E-state index in [1.165, 1.54) is 10.1 Å². The van der Waals surface area contributed by atoms with Crippen LogP contribution in [0.4, 0.5) is 5.82 Å². The third kappa shape index (κ3) is 5.28. The zero-order chi connectivity index (χ0) is 27.4. The molecule has 5 heterocycles. The second-order valence-corrected chi connectivity index (χ2v) is 8.58. The number of nitrogens with two attached hydrogens (primary N) is 2. The molecule has 6 aromatic rings. The van der Waals surface area contributed by atoms with Gasteiger partial charge >= 0.3 is 0 Å². The van der Waals surface area contributed by atoms with Gasteiger partial charge in [-0.2, -0.15) is 5.10 Å². The third-order valence-corrected chi connectivity index (χ3v) is 5.93. The van der Waals surface area contributed by atoms with E-state index in [-0.39, 0.29) is 11.4 Å². The molecule has 0 atom stereocenters. The minimum atomic E-state index is -0.619. The highest BCUT2D eigenvalue weighted by molar-refractivity contribution is 6.03. The molecule has 39 heavy (non-hydrogen) atoms. The van der Waals surface area contributed by atoms with Gasteiger partial charge in [0.2, 0.25) is 0 Å². The average molecular weight is 516 g/mol. The Balaban J connectivity index is 0.000000198. The number of nitrogens with zero attached hydrogens (tertiary/aromatic N) is 7. The van der Waals surface area contributed by atoms with Gasteiger partial charge in [-0.3, -0.25) is 14.5 Å². The van der Waals surface area contributed by atoms with Crippen molar-refractivity contribution in [1.29, 1.82) is 0 Å². The Labute approximate surface area is 224 Å². The Morgan fingerprint density at radius 3 is 2.51 bits per heavy atom. The predicted octanol–water partition coefficient (Wildman–Crippen LogP) is 3.40. The number of anilines is 1. The first-order chi connectivity index (χ1) is 18.9. The van der Waals surface area contributed by atoms with E-state index in [1.807, 2.05) is 43.6 Å². The number of fused-ring (bicyclic) bond motifs is 2. The topological polar surface area (TPSA) is 143 Å². The number of primary amides is 1. The molecule has 5 aromatic heterocycles. The Morgan fingerprint density at radius 2 is 1.79 bits per heavy atom. The Kier molecular flexibility index (Phi) is 6.96. The average Bonchev–Trinajstić information content (AvgIpc) is 3.53. The number of amides is 1. The summed E-state index contributed by atoms with van der Waals surface area (Å²) in [6, 6.07) is 17.9. The summed E-state index contributed by atoms with van der Waals surface area (Å²) in [6.45, 7) is 2.14. The monoisotopic (exact) mass is 515 g/mol. The summed E-state index contributed by atoms with van der Waals surface area (Å²) in [6.07, 6.45) is 7.76. The van der Waals surface area contributed by atoms with E-state index in [0.29, 0.717) is 5.65 Å². The molecule has 1 aromatic carbocycles. The number of aromatic nitrogens is 7. The molecule has 4 N–H and O–H groups in total. The summed E-state index contributed by atoms with van der Waals surface area (Å²) in [5, 5.41) is 8.17. The highest BCUT2D eigenvalue weighted by Gasteiger charge is 2.15. The maximum absolute atomic E-state index is 10.9. The van der Waals surface area contributed by atoms with Crippen molar-refractivity contribution < 1.29 is 4.79 Å². The van der Waals surface area contributed by atoms with E-state index >= 15 is 0 Å². The van der Waals surface area contributed by atoms with Gasteiger partial charge in [0.25, 0.3) is 5.91 Å². The van der Waals surface area contributed by atoms with E-state index in [4.69, 9.17) is 16.5 Å². The highest BCUT2D eigenvalue weighted by Crippen LogP contribution is 2.26. The number of benzene rings is 1. The summed E-state index contributed by atoms with van der Waals surface area (Å²) >= 11 is 0. The van der Waals surface area contributed by atoms with Crippen molar-refractivity contribution in [3.63, 3.8) is 0 Å². The zero-order valence-corrected chi connectivity index (χ0v) is 21.4. The first-order valence-corrected chi connectivity index (χ1v) is 12.2. The maximum atomic E-state index is 10.9. The summed E-state index contributed by atoms with van der Waals surface area (Å²) in [4.78, 5) is 24.3. The first-order valence-electron chi connectivity index (χ1n) is 12.2. The molecule has 0 bridgehead atoms. The molecule has 10 heteroatoms. The molecule has 0 spiro atoms. The molecule has 192 valence electrons. The Bertz CT molecular complexity index is 1860. The number of nitrogen functional groups attached to an aromatic ring is 1. The molecule has 0 fully saturated rings. The fourth-order valence-electron chi connectivity index (χ4n) is 4.08. The van der Waals surface area contributed by atoms with Gasteiger partial charge in [0.1, 0.15) is 16.8 Å². The third-order valence-electron chi connectivity index (χ3n) is 5.93. The first kappa shape index (κ1) is 25.1. The van der Waals surface area contributed by atoms with Crippen molar-refractivity contribution in [3.05, 3.63) is 102 Å². The molecule has 0 unspecified atom stereocenters. The van der Waals surface area contributed by atoms with Gasteiger partial charge in [0, 0.05) is 37.4 Å². The lowest BCUT2D eigenvalue weighted by atomic mass is 10.0. The van der Waals surface area contributed by atoms with Crippen LogP contribution in [0.25, 0.3) is 27.9 Å². The molecular weight excluding hydrogens is 490 g/mol. The van der Waals surface area contributed by atoms with Gasteiger partial charge in [-0.15, -0.1) is 5.10 Å². The molecule has 0 saturated carbocycles. The van der Waals surface area contributed by atoms with Gasteiger partial charge in [-0.1, -0.05) is 43.2 Å². The number of aryl methyl sites for hydroxylation is 2. The van der Waals surface area contributed by atoms with Crippen molar-refractivity contribution in [2.24, 2.45) is 12.8 Å². The lowest BCUT2D eigenvalue weighted by Crippen LogP contribution is -2.12. The number of hydrogen-bond acceptors (Lipinski definition) is 7. The second kappa shape index (κ2) is 10.8. The van der Waals surface area contributed by atoms with E-state index in [2.05, 4.69) is 57.1 Å². The zero-order valence-electron chi connectivity index (χ0n) is 21.4. The molecule has 0 aliphatic carbocycles. The van der Waals surface area contributed by atoms with E-state index in [0.717, 1.165) is 40.0 Å². The van der Waals surface area contributed by atoms with Crippen LogP contribution < -0.4 is 11.5 Å². The predicted molar refractivity (Wildman–Crippen MR) is 149 cm³/mol. The lowest BCUT2D eigenvalue weighted by molar-refractivity contribution is 0.100. The number of rotatable bonds is 3. The van der Waals surface area contributed by atoms with Crippen LogP contribution in [-0.4, -0.2) is 40.3 Å². The maximum Gasteiger partial charge on any atom is 0.256 e. The number of carbonyl (C=O) groups excluding carboxylic acids is 1. The summed E-state index contributed by atoms with van der Waals surface area (Å²) in [7, 11) is 1.88. The standard InChI is InChI=1S/C22H18N4.C7H7N5O/c1-3-16-15-20-22(24-21(16)17-7-5-4-6-8-17)18(11-13-23-20)9-10-19-12-14-26(2)25-19;8-5-4(6(9)13)7-10-2-1-3-12(7)11-5/h4-8,11-15H,3H2,1-2H3;1-3H,(H2,8,11)(H2,9,13). The van der Waals surface area contributed by atoms with Crippen LogP contribution in [0.1, 0.15) is 34.1 Å². The molecule has 6 rings (SSSR count). The van der Waals surface area contributed by atoms with Gasteiger partial charge in [0.15, 0.2) is 11.5 Å². The molecule has 0 radical (unpaired) electrons. The minimum Gasteiger partial charge on any atom is -0.381 e. The van der Waals surface area contributed by atoms with Crippen molar-refractivity contribution in [2.75, 3.05) is 5.73 Å². The molecule has 0 aliphatic heterocycles. The molecule has 0 aliphatic rings. The molecule has 10 nitrogen and oxygen atoms in total. The summed E-state index contributed by atoms with van der Waals surface area (Å²) in [5.41, 5.74) is 17.7. The minimum absolute atomic E-state index is 0.103. The van der Waals surface area contributed by atoms with Gasteiger partial charge < -0.3 is 11.5 Å². The summed E-state index contributed by atoms with van der Waals surface area (Å²) in [5.74, 6) is 5.80. The summed E-state index contributed by atoms with van der Waals surface area (Å²) < 4.78 is 3.16. The molecule has 0 saturated heterocycles. The van der Waals surface area contributed by atoms with Crippen LogP contribution in [0.2, 0.25) is 0 Å². The SMILES string of the molecule is CCc1cc2nccc(C#Cc3ccn(C)n3)c2nc1-c1ccccc1.NC(=O)c1c(N)nn2cccnc12. The van der Waals surface area contributed by atoms with E-state index in [9.17, 15) is 4.79 Å². The fourth-order valence-corrected chi connectivity index (χ4v) is 4.08. The second-order valence-electron chi connectivity index (χ2n) is 8.58. The van der Waals surface area contributed by atoms with Gasteiger partial charge in [-0.25, -0.2) is 14.5 Å². The van der Waals surface area contributed by atoms with Crippen molar-refractivity contribution in [1.82, 2.24) is 34.3 Å². The Hall–Kier alpha value is -5.56. The largest absolute Gasteiger partial charge is 0.381 e. The van der Waals surface area contributed by atoms with Crippen molar-refractivity contribution in [2.45, 2.75) is 13.3 Å². The Morgan fingerprint density at radius 1 is 0.974 bits per heavy atom. The number of hydrogen-bond donors (Lipinski definition) is 2. The lowest BCUT2D eigenvalue weighted by Gasteiger charge is -2.10. The smallest absolute Gasteiger partial charge is 0.256 e. The van der Waals surface area contributed by atoms with Crippen LogP contribution in [0.3, 0.4) is 0 Å². The number of pyridine rings is 2. The number of carbonyl (C=O) groups is 1. The van der Waals surface area contributed by atoms with Crippen LogP contribution >= 0.6 is 0 Å². The quantitative estimate of drug-likeness (QED) is 0.344.